The van der Waals surface area contributed by atoms with Gasteiger partial charge in [0.2, 0.25) is 0 Å². The Kier molecular flexibility index (Phi) is 7.21. The van der Waals surface area contributed by atoms with E-state index in [1.54, 1.807) is 6.07 Å². The molecule has 1 aromatic heterocycles. The lowest BCUT2D eigenvalue weighted by molar-refractivity contribution is -0.129. The number of hydrogen-bond acceptors (Lipinski definition) is 6. The van der Waals surface area contributed by atoms with Gasteiger partial charge in [-0.05, 0) is 41.3 Å². The van der Waals surface area contributed by atoms with Crippen LogP contribution in [-0.2, 0) is 4.79 Å². The summed E-state index contributed by atoms with van der Waals surface area (Å²) in [7, 11) is 0. The molecule has 7 heteroatoms. The number of esters is 1. The topological polar surface area (TPSA) is 109 Å². The van der Waals surface area contributed by atoms with Gasteiger partial charge in [-0.2, -0.15) is 5.26 Å². The highest BCUT2D eigenvalue weighted by molar-refractivity contribution is 5.99. The SMILES string of the molecule is C=CCNC(=O)c1cc2ccc(OC(=O)/C(C#N)=C/c3ccc(C(C)C)cc3)cc2oc1=O. The van der Waals surface area contributed by atoms with Crippen molar-refractivity contribution in [3.63, 3.8) is 0 Å². The van der Waals surface area contributed by atoms with E-state index in [-0.39, 0.29) is 29.0 Å². The van der Waals surface area contributed by atoms with E-state index < -0.39 is 17.5 Å². The lowest BCUT2D eigenvalue weighted by Gasteiger charge is -2.07. The van der Waals surface area contributed by atoms with E-state index in [0.717, 1.165) is 5.56 Å². The van der Waals surface area contributed by atoms with Gasteiger partial charge in [-0.25, -0.2) is 9.59 Å². The van der Waals surface area contributed by atoms with Gasteiger partial charge in [0.1, 0.15) is 28.5 Å². The second-order valence-corrected chi connectivity index (χ2v) is 7.53. The molecule has 0 spiro atoms. The quantitative estimate of drug-likeness (QED) is 0.146. The first kappa shape index (κ1) is 23.2. The Morgan fingerprint density at radius 3 is 2.55 bits per heavy atom. The highest BCUT2D eigenvalue weighted by Crippen LogP contribution is 2.22. The summed E-state index contributed by atoms with van der Waals surface area (Å²) >= 11 is 0. The number of carbonyl (C=O) groups is 2. The average molecular weight is 442 g/mol. The van der Waals surface area contributed by atoms with Gasteiger partial charge in [-0.15, -0.1) is 6.58 Å². The summed E-state index contributed by atoms with van der Waals surface area (Å²) in [5, 5.41) is 12.4. The number of fused-ring (bicyclic) bond motifs is 1. The van der Waals surface area contributed by atoms with Crippen molar-refractivity contribution in [3.8, 4) is 11.8 Å². The minimum absolute atomic E-state index is 0.0933. The standard InChI is InChI=1S/C26H22N2O5/c1-4-11-28-24(29)22-13-19-9-10-21(14-23(19)33-26(22)31)32-25(30)20(15-27)12-17-5-7-18(8-6-17)16(2)3/h4-10,12-14,16H,1,11H2,2-3H3,(H,28,29)/b20-12+. The van der Waals surface area contributed by atoms with Gasteiger partial charge in [0.05, 0.1) is 0 Å². The lowest BCUT2D eigenvalue weighted by atomic mass is 10.0. The Hall–Kier alpha value is -4.44. The van der Waals surface area contributed by atoms with E-state index in [2.05, 4.69) is 25.7 Å². The molecule has 0 fully saturated rings. The Morgan fingerprint density at radius 1 is 1.18 bits per heavy atom. The van der Waals surface area contributed by atoms with Crippen LogP contribution in [0.4, 0.5) is 0 Å². The zero-order valence-corrected chi connectivity index (χ0v) is 18.3. The van der Waals surface area contributed by atoms with E-state index in [9.17, 15) is 19.6 Å². The first-order valence-electron chi connectivity index (χ1n) is 10.2. The van der Waals surface area contributed by atoms with E-state index in [4.69, 9.17) is 9.15 Å². The number of carbonyl (C=O) groups excluding carboxylic acids is 2. The molecule has 0 aliphatic carbocycles. The van der Waals surface area contributed by atoms with Crippen LogP contribution in [0.1, 0.15) is 41.3 Å². The first-order chi connectivity index (χ1) is 15.8. The Morgan fingerprint density at radius 2 is 1.91 bits per heavy atom. The van der Waals surface area contributed by atoms with Crippen LogP contribution in [0.2, 0.25) is 0 Å². The second kappa shape index (κ2) is 10.2. The monoisotopic (exact) mass is 442 g/mol. The molecule has 0 saturated carbocycles. The first-order valence-corrected chi connectivity index (χ1v) is 10.2. The van der Waals surface area contributed by atoms with Gasteiger partial charge in [-0.1, -0.05) is 44.2 Å². The molecule has 0 bridgehead atoms. The van der Waals surface area contributed by atoms with Crippen molar-refractivity contribution in [2.24, 2.45) is 0 Å². The van der Waals surface area contributed by atoms with Crippen molar-refractivity contribution in [1.29, 1.82) is 5.26 Å². The van der Waals surface area contributed by atoms with Crippen LogP contribution in [0.3, 0.4) is 0 Å². The molecule has 0 atom stereocenters. The minimum Gasteiger partial charge on any atom is -0.422 e. The summed E-state index contributed by atoms with van der Waals surface area (Å²) in [5.74, 6) is -0.955. The van der Waals surface area contributed by atoms with Crippen molar-refractivity contribution in [2.75, 3.05) is 6.54 Å². The third kappa shape index (κ3) is 5.63. The number of amides is 1. The van der Waals surface area contributed by atoms with Crippen molar-refractivity contribution in [1.82, 2.24) is 5.32 Å². The predicted octanol–water partition coefficient (Wildman–Crippen LogP) is 4.34. The second-order valence-electron chi connectivity index (χ2n) is 7.53. The van der Waals surface area contributed by atoms with Gasteiger partial charge in [0, 0.05) is 18.0 Å². The van der Waals surface area contributed by atoms with Crippen molar-refractivity contribution < 1.29 is 18.7 Å². The number of hydrogen-bond donors (Lipinski definition) is 1. The molecule has 0 aliphatic heterocycles. The van der Waals surface area contributed by atoms with E-state index in [1.165, 1.54) is 30.4 Å². The van der Waals surface area contributed by atoms with Gasteiger partial charge < -0.3 is 14.5 Å². The fourth-order valence-corrected chi connectivity index (χ4v) is 3.02. The molecule has 3 rings (SSSR count). The van der Waals surface area contributed by atoms with Gasteiger partial charge in [-0.3, -0.25) is 4.79 Å². The molecule has 0 aliphatic rings. The number of rotatable bonds is 7. The largest absolute Gasteiger partial charge is 0.422 e. The molecule has 0 saturated heterocycles. The maximum Gasteiger partial charge on any atom is 0.354 e. The Balaban J connectivity index is 1.82. The zero-order chi connectivity index (χ0) is 24.0. The molecule has 33 heavy (non-hydrogen) atoms. The van der Waals surface area contributed by atoms with E-state index in [0.29, 0.717) is 16.9 Å². The summed E-state index contributed by atoms with van der Waals surface area (Å²) in [6.07, 6.45) is 2.94. The number of ether oxygens (including phenoxy) is 1. The maximum atomic E-state index is 12.5. The van der Waals surface area contributed by atoms with Crippen molar-refractivity contribution in [3.05, 3.63) is 93.9 Å². The molecule has 1 heterocycles. The molecule has 7 nitrogen and oxygen atoms in total. The van der Waals surface area contributed by atoms with Crippen LogP contribution in [0.25, 0.3) is 17.0 Å². The third-order valence-corrected chi connectivity index (χ3v) is 4.82. The van der Waals surface area contributed by atoms with Crippen LogP contribution >= 0.6 is 0 Å². The van der Waals surface area contributed by atoms with Crippen LogP contribution in [0.15, 0.2) is 76.0 Å². The van der Waals surface area contributed by atoms with Crippen molar-refractivity contribution >= 4 is 28.9 Å². The molecule has 1 N–H and O–H groups in total. The lowest BCUT2D eigenvalue weighted by Crippen LogP contribution is -2.28. The molecule has 1 amide bonds. The normalized spacial score (nSPS) is 11.2. The van der Waals surface area contributed by atoms with Crippen molar-refractivity contribution in [2.45, 2.75) is 19.8 Å². The molecule has 0 radical (unpaired) electrons. The molecule has 0 unspecified atom stereocenters. The molecular formula is C26H22N2O5. The summed E-state index contributed by atoms with van der Waals surface area (Å²) in [4.78, 5) is 36.8. The van der Waals surface area contributed by atoms with Gasteiger partial charge in [0.15, 0.2) is 0 Å². The fraction of sp³-hybridized carbons (Fsp3) is 0.154. The van der Waals surface area contributed by atoms with Crippen LogP contribution in [-0.4, -0.2) is 18.4 Å². The molecular weight excluding hydrogens is 420 g/mol. The van der Waals surface area contributed by atoms with Crippen LogP contribution in [0, 0.1) is 11.3 Å². The van der Waals surface area contributed by atoms with Gasteiger partial charge >= 0.3 is 11.6 Å². The summed E-state index contributed by atoms with van der Waals surface area (Å²) < 4.78 is 10.5. The van der Waals surface area contributed by atoms with Crippen LogP contribution in [0.5, 0.6) is 5.75 Å². The number of benzene rings is 2. The number of nitrogens with one attached hydrogen (secondary N) is 1. The molecule has 166 valence electrons. The number of nitrogens with zero attached hydrogens (tertiary/aromatic N) is 1. The number of nitriles is 1. The fourth-order valence-electron chi connectivity index (χ4n) is 3.02. The Labute approximate surface area is 190 Å². The predicted molar refractivity (Wildman–Crippen MR) is 125 cm³/mol. The highest BCUT2D eigenvalue weighted by Gasteiger charge is 2.16. The minimum atomic E-state index is -0.840. The molecule has 2 aromatic carbocycles. The summed E-state index contributed by atoms with van der Waals surface area (Å²) in [5.41, 5.74) is 0.828. The smallest absolute Gasteiger partial charge is 0.354 e. The van der Waals surface area contributed by atoms with Gasteiger partial charge in [0.25, 0.3) is 5.91 Å². The Bertz CT molecular complexity index is 1340. The summed E-state index contributed by atoms with van der Waals surface area (Å²) in [6, 6.07) is 15.2. The third-order valence-electron chi connectivity index (χ3n) is 4.82. The summed E-state index contributed by atoms with van der Waals surface area (Å²) in [6.45, 7) is 7.86. The maximum absolute atomic E-state index is 12.5. The highest BCUT2D eigenvalue weighted by atomic mass is 16.5. The molecule has 3 aromatic rings. The van der Waals surface area contributed by atoms with Crippen LogP contribution < -0.4 is 15.7 Å². The average Bonchev–Trinajstić information content (AvgIpc) is 2.80. The van der Waals surface area contributed by atoms with E-state index >= 15 is 0 Å². The van der Waals surface area contributed by atoms with E-state index in [1.807, 2.05) is 30.3 Å². The zero-order valence-electron chi connectivity index (χ0n) is 18.3.